The molecule has 2 aromatic carbocycles. The number of nitrogens with one attached hydrogen (secondary N) is 1. The molecule has 44 heavy (non-hydrogen) atoms. The molecule has 2 amide bonds. The summed E-state index contributed by atoms with van der Waals surface area (Å²) in [6.07, 6.45) is 4.21. The maximum atomic E-state index is 13.8. The highest BCUT2D eigenvalue weighted by atomic mass is 19.2. The minimum atomic E-state index is -0.897. The number of amides is 2. The van der Waals surface area contributed by atoms with Gasteiger partial charge in [-0.15, -0.1) is 5.10 Å². The molecule has 236 valence electrons. The second-order valence-electron chi connectivity index (χ2n) is 13.3. The Hall–Kier alpha value is -3.86. The van der Waals surface area contributed by atoms with Crippen molar-refractivity contribution in [3.8, 4) is 0 Å². The topological polar surface area (TPSA) is 98.6 Å². The molecule has 1 aromatic heterocycles. The summed E-state index contributed by atoms with van der Waals surface area (Å²) in [6, 6.07) is 10.8. The van der Waals surface area contributed by atoms with E-state index in [2.05, 4.69) is 15.6 Å². The SMILES string of the molecule is C[C@H]1OC(C)(C)N(C(=O)OC(C)(C)C)[C@@H]1c1cn(Cc2cccc(C(=O)NC3CCCC(c4ccc(F)c(F)c4)C3)c2)nn1. The van der Waals surface area contributed by atoms with Crippen molar-refractivity contribution < 1.29 is 27.8 Å². The van der Waals surface area contributed by atoms with Crippen LogP contribution in [0.5, 0.6) is 0 Å². The number of carbonyl (C=O) groups excluding carboxylic acids is 2. The summed E-state index contributed by atoms with van der Waals surface area (Å²) >= 11 is 0. The van der Waals surface area contributed by atoms with E-state index in [4.69, 9.17) is 9.47 Å². The lowest BCUT2D eigenvalue weighted by Gasteiger charge is -2.34. The smallest absolute Gasteiger partial charge is 0.413 e. The Labute approximate surface area is 256 Å². The molecule has 0 spiro atoms. The standard InChI is InChI=1S/C33H41F2N5O4/c1-20-29(40(33(5,6)43-20)31(42)44-32(2,3)4)28-19-39(38-37-28)18-21-9-7-11-24(15-21)30(41)36-25-12-8-10-22(16-25)23-13-14-26(34)27(35)17-23/h7,9,11,13-15,17,19-20,22,25,29H,8,10,12,16,18H2,1-6H3,(H,36,41)/t20-,22?,25?,29+/m1/s1. The maximum Gasteiger partial charge on any atom is 0.413 e. The van der Waals surface area contributed by atoms with Crippen molar-refractivity contribution in [3.05, 3.63) is 82.7 Å². The summed E-state index contributed by atoms with van der Waals surface area (Å²) in [5.74, 6) is -1.83. The molecular formula is C33H41F2N5O4. The Morgan fingerprint density at radius 2 is 1.89 bits per heavy atom. The predicted molar refractivity (Wildman–Crippen MR) is 160 cm³/mol. The van der Waals surface area contributed by atoms with Gasteiger partial charge in [0, 0.05) is 11.6 Å². The molecule has 3 aromatic rings. The fourth-order valence-corrected chi connectivity index (χ4v) is 6.32. The van der Waals surface area contributed by atoms with Gasteiger partial charge in [-0.2, -0.15) is 0 Å². The predicted octanol–water partition coefficient (Wildman–Crippen LogP) is 6.49. The van der Waals surface area contributed by atoms with Gasteiger partial charge in [0.05, 0.1) is 18.8 Å². The molecule has 1 N–H and O–H groups in total. The van der Waals surface area contributed by atoms with Crippen LogP contribution in [0.3, 0.4) is 0 Å². The average Bonchev–Trinajstić information content (AvgIpc) is 3.49. The van der Waals surface area contributed by atoms with Crippen molar-refractivity contribution in [2.45, 2.75) is 109 Å². The van der Waals surface area contributed by atoms with Crippen LogP contribution in [-0.2, 0) is 16.0 Å². The summed E-state index contributed by atoms with van der Waals surface area (Å²) in [6.45, 7) is 11.4. The minimum absolute atomic E-state index is 0.0572. The van der Waals surface area contributed by atoms with E-state index in [1.54, 1.807) is 27.9 Å². The molecule has 9 nitrogen and oxygen atoms in total. The zero-order chi connectivity index (χ0) is 31.8. The number of rotatable bonds is 6. The number of halogens is 2. The average molecular weight is 610 g/mol. The van der Waals surface area contributed by atoms with Gasteiger partial charge >= 0.3 is 6.09 Å². The van der Waals surface area contributed by atoms with Crippen LogP contribution < -0.4 is 5.32 Å². The molecule has 0 bridgehead atoms. The number of carbonyl (C=O) groups is 2. The molecule has 1 aliphatic carbocycles. The van der Waals surface area contributed by atoms with Gasteiger partial charge in [0.25, 0.3) is 5.91 Å². The summed E-state index contributed by atoms with van der Waals surface area (Å²) < 4.78 is 40.7. The Balaban J connectivity index is 1.25. The normalized spacial score (nSPS) is 23.4. The quantitative estimate of drug-likeness (QED) is 0.343. The van der Waals surface area contributed by atoms with E-state index >= 15 is 0 Å². The van der Waals surface area contributed by atoms with Crippen molar-refractivity contribution >= 4 is 12.0 Å². The number of nitrogens with zero attached hydrogens (tertiary/aromatic N) is 4. The van der Waals surface area contributed by atoms with Crippen molar-refractivity contribution in [1.82, 2.24) is 25.2 Å². The van der Waals surface area contributed by atoms with Crippen molar-refractivity contribution in [2.75, 3.05) is 0 Å². The first-order valence-corrected chi connectivity index (χ1v) is 15.1. The highest BCUT2D eigenvalue weighted by molar-refractivity contribution is 5.94. The molecule has 11 heteroatoms. The van der Waals surface area contributed by atoms with Crippen LogP contribution in [0.15, 0.2) is 48.7 Å². The summed E-state index contributed by atoms with van der Waals surface area (Å²) in [7, 11) is 0. The fourth-order valence-electron chi connectivity index (χ4n) is 6.32. The van der Waals surface area contributed by atoms with Crippen LogP contribution in [-0.4, -0.2) is 55.4 Å². The number of hydrogen-bond donors (Lipinski definition) is 1. The minimum Gasteiger partial charge on any atom is -0.444 e. The molecule has 0 radical (unpaired) electrons. The maximum absolute atomic E-state index is 13.8. The lowest BCUT2D eigenvalue weighted by Crippen LogP contribution is -2.47. The lowest BCUT2D eigenvalue weighted by molar-refractivity contribution is -0.0757. The first-order chi connectivity index (χ1) is 20.7. The van der Waals surface area contributed by atoms with Crippen LogP contribution >= 0.6 is 0 Å². The van der Waals surface area contributed by atoms with Crippen LogP contribution in [0.2, 0.25) is 0 Å². The van der Waals surface area contributed by atoms with E-state index in [0.29, 0.717) is 24.2 Å². The number of ether oxygens (including phenoxy) is 2. The third-order valence-corrected chi connectivity index (χ3v) is 8.19. The molecule has 2 heterocycles. The summed E-state index contributed by atoms with van der Waals surface area (Å²) in [5.41, 5.74) is 1.15. The Morgan fingerprint density at radius 3 is 2.61 bits per heavy atom. The van der Waals surface area contributed by atoms with Crippen LogP contribution in [0.25, 0.3) is 0 Å². The van der Waals surface area contributed by atoms with Crippen molar-refractivity contribution in [1.29, 1.82) is 0 Å². The molecule has 1 saturated carbocycles. The Bertz CT molecular complexity index is 1520. The van der Waals surface area contributed by atoms with Gasteiger partial charge in [-0.25, -0.2) is 18.3 Å². The largest absolute Gasteiger partial charge is 0.444 e. The third kappa shape index (κ3) is 7.09. The van der Waals surface area contributed by atoms with E-state index in [1.165, 1.54) is 6.07 Å². The van der Waals surface area contributed by atoms with Gasteiger partial charge in [0.1, 0.15) is 23.1 Å². The van der Waals surface area contributed by atoms with E-state index < -0.39 is 35.1 Å². The summed E-state index contributed by atoms with van der Waals surface area (Å²) in [5, 5.41) is 11.8. The molecule has 2 unspecified atom stereocenters. The second kappa shape index (κ2) is 12.3. The van der Waals surface area contributed by atoms with Gasteiger partial charge in [0.15, 0.2) is 11.6 Å². The van der Waals surface area contributed by atoms with Crippen LogP contribution in [0.4, 0.5) is 13.6 Å². The van der Waals surface area contributed by atoms with Crippen LogP contribution in [0, 0.1) is 11.6 Å². The van der Waals surface area contributed by atoms with Gasteiger partial charge in [-0.05, 0) is 102 Å². The van der Waals surface area contributed by atoms with E-state index in [9.17, 15) is 18.4 Å². The fraction of sp³-hybridized carbons (Fsp3) is 0.515. The third-order valence-electron chi connectivity index (χ3n) is 8.19. The Kier molecular flexibility index (Phi) is 8.80. The zero-order valence-corrected chi connectivity index (χ0v) is 26.1. The number of hydrogen-bond acceptors (Lipinski definition) is 6. The van der Waals surface area contributed by atoms with E-state index in [1.807, 2.05) is 59.7 Å². The van der Waals surface area contributed by atoms with E-state index in [0.717, 1.165) is 36.5 Å². The first-order valence-electron chi connectivity index (χ1n) is 15.1. The van der Waals surface area contributed by atoms with E-state index in [-0.39, 0.29) is 24.0 Å². The van der Waals surface area contributed by atoms with Gasteiger partial charge in [-0.1, -0.05) is 29.8 Å². The number of benzene rings is 2. The highest BCUT2D eigenvalue weighted by Gasteiger charge is 2.51. The van der Waals surface area contributed by atoms with Crippen molar-refractivity contribution in [2.24, 2.45) is 0 Å². The zero-order valence-electron chi connectivity index (χ0n) is 26.1. The molecule has 5 rings (SSSR count). The van der Waals surface area contributed by atoms with Gasteiger partial charge < -0.3 is 14.8 Å². The van der Waals surface area contributed by atoms with Gasteiger partial charge in [0.2, 0.25) is 0 Å². The molecule has 2 fully saturated rings. The monoisotopic (exact) mass is 609 g/mol. The molecular weight excluding hydrogens is 568 g/mol. The molecule has 1 aliphatic heterocycles. The summed E-state index contributed by atoms with van der Waals surface area (Å²) in [4.78, 5) is 28.0. The molecule has 4 atom stereocenters. The molecule has 2 aliphatic rings. The van der Waals surface area contributed by atoms with Gasteiger partial charge in [-0.3, -0.25) is 9.69 Å². The highest BCUT2D eigenvalue weighted by Crippen LogP contribution is 2.41. The van der Waals surface area contributed by atoms with Crippen molar-refractivity contribution in [3.63, 3.8) is 0 Å². The second-order valence-corrected chi connectivity index (χ2v) is 13.3. The number of aromatic nitrogens is 3. The lowest BCUT2D eigenvalue weighted by atomic mass is 9.81. The molecule has 1 saturated heterocycles. The Morgan fingerprint density at radius 1 is 1.11 bits per heavy atom. The van der Waals surface area contributed by atoms with Crippen LogP contribution in [0.1, 0.15) is 106 Å². The first kappa shape index (κ1) is 31.6.